The van der Waals surface area contributed by atoms with E-state index in [-0.39, 0.29) is 6.04 Å². The minimum Gasteiger partial charge on any atom is -0.323 e. The second-order valence-corrected chi connectivity index (χ2v) is 6.82. The quantitative estimate of drug-likeness (QED) is 0.822. The van der Waals surface area contributed by atoms with Gasteiger partial charge in [0.1, 0.15) is 0 Å². The normalized spacial score (nSPS) is 32.6. The zero-order valence-electron chi connectivity index (χ0n) is 10.6. The van der Waals surface area contributed by atoms with Crippen molar-refractivity contribution in [2.45, 2.75) is 46.1 Å². The van der Waals surface area contributed by atoms with Gasteiger partial charge in [-0.2, -0.15) is 0 Å². The summed E-state index contributed by atoms with van der Waals surface area (Å²) >= 11 is 1.87. The molecule has 0 saturated heterocycles. The Labute approximate surface area is 103 Å². The van der Waals surface area contributed by atoms with Gasteiger partial charge in [-0.05, 0) is 49.7 Å². The Morgan fingerprint density at radius 3 is 2.56 bits per heavy atom. The summed E-state index contributed by atoms with van der Waals surface area (Å²) in [4.78, 5) is 2.76. The van der Waals surface area contributed by atoms with Crippen LogP contribution in [0.25, 0.3) is 0 Å². The fourth-order valence-corrected chi connectivity index (χ4v) is 3.75. The molecule has 1 nitrogen and oxygen atoms in total. The molecule has 0 amide bonds. The van der Waals surface area contributed by atoms with Gasteiger partial charge < -0.3 is 5.73 Å². The molecular weight excluding hydrogens is 214 g/mol. The van der Waals surface area contributed by atoms with Crippen LogP contribution in [0.5, 0.6) is 0 Å². The maximum Gasteiger partial charge on any atom is 0.0418 e. The molecule has 0 aromatic carbocycles. The van der Waals surface area contributed by atoms with E-state index in [1.807, 2.05) is 11.3 Å². The van der Waals surface area contributed by atoms with Crippen molar-refractivity contribution in [1.29, 1.82) is 0 Å². The lowest BCUT2D eigenvalue weighted by molar-refractivity contribution is 0.187. The first-order chi connectivity index (χ1) is 7.58. The summed E-state index contributed by atoms with van der Waals surface area (Å²) in [5, 5.41) is 0. The Bertz CT molecular complexity index is 344. The average Bonchev–Trinajstić information content (AvgIpc) is 2.68. The molecule has 16 heavy (non-hydrogen) atoms. The highest BCUT2D eigenvalue weighted by atomic mass is 32.1. The molecule has 2 rings (SSSR count). The summed E-state index contributed by atoms with van der Waals surface area (Å²) < 4.78 is 0. The number of thiophene rings is 1. The lowest BCUT2D eigenvalue weighted by atomic mass is 9.73. The van der Waals surface area contributed by atoms with Gasteiger partial charge >= 0.3 is 0 Å². The van der Waals surface area contributed by atoms with Crippen LogP contribution in [-0.2, 0) is 0 Å². The molecule has 90 valence electrons. The summed E-state index contributed by atoms with van der Waals surface area (Å²) in [7, 11) is 0. The molecule has 2 heteroatoms. The molecule has 0 radical (unpaired) electrons. The van der Waals surface area contributed by atoms with Crippen LogP contribution in [-0.4, -0.2) is 0 Å². The molecule has 4 atom stereocenters. The number of nitrogens with two attached hydrogens (primary N) is 1. The fraction of sp³-hybridized carbons (Fsp3) is 0.714. The maximum atomic E-state index is 6.40. The van der Waals surface area contributed by atoms with E-state index < -0.39 is 0 Å². The zero-order valence-corrected chi connectivity index (χ0v) is 11.4. The first-order valence-corrected chi connectivity index (χ1v) is 7.21. The number of rotatable bonds is 2. The second kappa shape index (κ2) is 4.89. The summed E-state index contributed by atoms with van der Waals surface area (Å²) in [5.41, 5.74) is 6.40. The molecule has 2 N–H and O–H groups in total. The van der Waals surface area contributed by atoms with Crippen LogP contribution in [0.3, 0.4) is 0 Å². The van der Waals surface area contributed by atoms with E-state index in [0.29, 0.717) is 5.92 Å². The first-order valence-electron chi connectivity index (χ1n) is 6.40. The highest BCUT2D eigenvalue weighted by molar-refractivity contribution is 7.12. The van der Waals surface area contributed by atoms with Gasteiger partial charge in [0.2, 0.25) is 0 Å². The number of hydrogen-bond acceptors (Lipinski definition) is 2. The predicted molar refractivity (Wildman–Crippen MR) is 71.7 cm³/mol. The van der Waals surface area contributed by atoms with Gasteiger partial charge in [-0.15, -0.1) is 11.3 Å². The van der Waals surface area contributed by atoms with Gasteiger partial charge in [0.25, 0.3) is 0 Å². The molecule has 0 aliphatic heterocycles. The van der Waals surface area contributed by atoms with Crippen molar-refractivity contribution < 1.29 is 0 Å². The van der Waals surface area contributed by atoms with E-state index in [9.17, 15) is 0 Å². The topological polar surface area (TPSA) is 26.0 Å². The van der Waals surface area contributed by atoms with Crippen molar-refractivity contribution in [3.63, 3.8) is 0 Å². The van der Waals surface area contributed by atoms with Crippen LogP contribution >= 0.6 is 11.3 Å². The third-order valence-electron chi connectivity index (χ3n) is 4.24. The largest absolute Gasteiger partial charge is 0.323 e. The minimum absolute atomic E-state index is 0.272. The highest BCUT2D eigenvalue weighted by Crippen LogP contribution is 2.40. The van der Waals surface area contributed by atoms with Crippen molar-refractivity contribution >= 4 is 11.3 Å². The van der Waals surface area contributed by atoms with Gasteiger partial charge in [0.05, 0.1) is 0 Å². The van der Waals surface area contributed by atoms with Crippen LogP contribution in [0.1, 0.15) is 48.9 Å². The summed E-state index contributed by atoms with van der Waals surface area (Å²) in [6.45, 7) is 6.91. The standard InChI is InChI=1S/C14H23NS/c1-9-4-6-12(8-10(9)2)14(15)13-7-5-11(3)16-13/h5,7,9-10,12,14H,4,6,8,15H2,1-3H3. The van der Waals surface area contributed by atoms with Crippen LogP contribution in [0.2, 0.25) is 0 Å². The lowest BCUT2D eigenvalue weighted by Gasteiger charge is -2.34. The Morgan fingerprint density at radius 2 is 2.00 bits per heavy atom. The average molecular weight is 237 g/mol. The van der Waals surface area contributed by atoms with E-state index in [4.69, 9.17) is 5.73 Å². The number of aryl methyl sites for hydroxylation is 1. The minimum atomic E-state index is 0.272. The molecule has 0 spiro atoms. The van der Waals surface area contributed by atoms with Gasteiger partial charge in [0, 0.05) is 15.8 Å². The van der Waals surface area contributed by atoms with Crippen molar-refractivity contribution in [3.8, 4) is 0 Å². The molecule has 4 unspecified atom stereocenters. The van der Waals surface area contributed by atoms with Gasteiger partial charge in [-0.3, -0.25) is 0 Å². The highest BCUT2D eigenvalue weighted by Gasteiger charge is 2.29. The molecule has 1 aliphatic carbocycles. The third-order valence-corrected chi connectivity index (χ3v) is 5.34. The fourth-order valence-electron chi connectivity index (χ4n) is 2.78. The molecule has 1 fully saturated rings. The monoisotopic (exact) mass is 237 g/mol. The van der Waals surface area contributed by atoms with Gasteiger partial charge in [0.15, 0.2) is 0 Å². The van der Waals surface area contributed by atoms with E-state index >= 15 is 0 Å². The zero-order chi connectivity index (χ0) is 11.7. The van der Waals surface area contributed by atoms with Crippen molar-refractivity contribution in [2.24, 2.45) is 23.5 Å². The number of hydrogen-bond donors (Lipinski definition) is 1. The van der Waals surface area contributed by atoms with Gasteiger partial charge in [-0.25, -0.2) is 0 Å². The van der Waals surface area contributed by atoms with Crippen molar-refractivity contribution in [2.75, 3.05) is 0 Å². The molecule has 1 heterocycles. The van der Waals surface area contributed by atoms with E-state index in [1.54, 1.807) is 0 Å². The molecular formula is C14H23NS. The Balaban J connectivity index is 2.02. The van der Waals surface area contributed by atoms with E-state index in [1.165, 1.54) is 29.0 Å². The second-order valence-electron chi connectivity index (χ2n) is 5.50. The lowest BCUT2D eigenvalue weighted by Crippen LogP contribution is -2.28. The Morgan fingerprint density at radius 1 is 1.25 bits per heavy atom. The van der Waals surface area contributed by atoms with Crippen LogP contribution in [0.4, 0.5) is 0 Å². The molecule has 1 saturated carbocycles. The van der Waals surface area contributed by atoms with Crippen LogP contribution in [0, 0.1) is 24.7 Å². The maximum absolute atomic E-state index is 6.40. The first kappa shape index (κ1) is 12.1. The third kappa shape index (κ3) is 2.49. The van der Waals surface area contributed by atoms with Crippen LogP contribution in [0.15, 0.2) is 12.1 Å². The summed E-state index contributed by atoms with van der Waals surface area (Å²) in [6.07, 6.45) is 3.97. The van der Waals surface area contributed by atoms with E-state index in [0.717, 1.165) is 11.8 Å². The Kier molecular flexibility index (Phi) is 3.70. The predicted octanol–water partition coefficient (Wildman–Crippen LogP) is 4.13. The molecule has 1 aliphatic rings. The van der Waals surface area contributed by atoms with E-state index in [2.05, 4.69) is 32.9 Å². The van der Waals surface area contributed by atoms with Crippen molar-refractivity contribution in [3.05, 3.63) is 21.9 Å². The van der Waals surface area contributed by atoms with Crippen molar-refractivity contribution in [1.82, 2.24) is 0 Å². The summed E-state index contributed by atoms with van der Waals surface area (Å²) in [5.74, 6) is 2.42. The molecule has 1 aromatic rings. The molecule has 1 aromatic heterocycles. The Hall–Kier alpha value is -0.340. The molecule has 0 bridgehead atoms. The summed E-state index contributed by atoms with van der Waals surface area (Å²) in [6, 6.07) is 4.68. The SMILES string of the molecule is Cc1ccc(C(N)C2CCC(C)C(C)C2)s1. The van der Waals surface area contributed by atoms with Crippen LogP contribution < -0.4 is 5.73 Å². The van der Waals surface area contributed by atoms with Gasteiger partial charge in [-0.1, -0.05) is 20.3 Å². The smallest absolute Gasteiger partial charge is 0.0418 e.